The fourth-order valence-electron chi connectivity index (χ4n) is 1.39. The lowest BCUT2D eigenvalue weighted by Crippen LogP contribution is -2.00. The molecule has 0 saturated carbocycles. The molecule has 0 aromatic carbocycles. The van der Waals surface area contributed by atoms with Crippen LogP contribution in [0.5, 0.6) is 5.75 Å². The maximum Gasteiger partial charge on any atom is 0.141 e. The Labute approximate surface area is 87.5 Å². The van der Waals surface area contributed by atoms with Gasteiger partial charge in [-0.3, -0.25) is 4.98 Å². The predicted molar refractivity (Wildman–Crippen MR) is 56.5 cm³/mol. The number of anilines is 1. The van der Waals surface area contributed by atoms with Gasteiger partial charge in [-0.15, -0.1) is 0 Å². The Balaban J connectivity index is 2.23. The van der Waals surface area contributed by atoms with Gasteiger partial charge in [0.1, 0.15) is 11.6 Å². The topological polar surface area (TPSA) is 66.0 Å². The van der Waals surface area contributed by atoms with Gasteiger partial charge >= 0.3 is 0 Å². The van der Waals surface area contributed by atoms with Crippen LogP contribution in [-0.2, 0) is 6.54 Å². The third-order valence-electron chi connectivity index (χ3n) is 2.08. The number of imidazole rings is 1. The number of rotatable bonds is 3. The minimum absolute atomic E-state index is 0.512. The largest absolute Gasteiger partial charge is 0.496 e. The molecule has 15 heavy (non-hydrogen) atoms. The van der Waals surface area contributed by atoms with E-state index in [-0.39, 0.29) is 0 Å². The minimum atomic E-state index is 0.512. The zero-order chi connectivity index (χ0) is 10.7. The third kappa shape index (κ3) is 2.07. The molecule has 0 radical (unpaired) electrons. The summed E-state index contributed by atoms with van der Waals surface area (Å²) in [5.41, 5.74) is 6.52. The molecule has 2 rings (SSSR count). The van der Waals surface area contributed by atoms with Crippen molar-refractivity contribution < 1.29 is 4.74 Å². The van der Waals surface area contributed by atoms with Crippen LogP contribution in [0.15, 0.2) is 31.0 Å². The van der Waals surface area contributed by atoms with Gasteiger partial charge in [0.05, 0.1) is 20.0 Å². The summed E-state index contributed by atoms with van der Waals surface area (Å²) in [4.78, 5) is 8.00. The number of methoxy groups -OCH3 is 1. The van der Waals surface area contributed by atoms with E-state index in [1.165, 1.54) is 0 Å². The fourth-order valence-corrected chi connectivity index (χ4v) is 1.39. The van der Waals surface area contributed by atoms with Crippen molar-refractivity contribution in [2.75, 3.05) is 12.8 Å². The molecular weight excluding hydrogens is 192 g/mol. The fraction of sp³-hybridized carbons (Fsp3) is 0.200. The molecular formula is C10H12N4O. The van der Waals surface area contributed by atoms with Gasteiger partial charge in [-0.25, -0.2) is 4.98 Å². The van der Waals surface area contributed by atoms with Gasteiger partial charge in [0, 0.05) is 24.2 Å². The standard InChI is InChI=1S/C10H12N4O/c1-15-9-2-3-12-4-8(9)5-14-6-10(11)13-7-14/h2-4,6-7H,5,11H2,1H3. The van der Waals surface area contributed by atoms with Gasteiger partial charge in [-0.2, -0.15) is 0 Å². The van der Waals surface area contributed by atoms with Crippen LogP contribution in [0.4, 0.5) is 5.82 Å². The van der Waals surface area contributed by atoms with Crippen molar-refractivity contribution in [3.63, 3.8) is 0 Å². The van der Waals surface area contributed by atoms with Gasteiger partial charge in [0.2, 0.25) is 0 Å². The Morgan fingerprint density at radius 1 is 1.53 bits per heavy atom. The molecule has 0 unspecified atom stereocenters. The molecule has 0 saturated heterocycles. The van der Waals surface area contributed by atoms with E-state index in [9.17, 15) is 0 Å². The molecule has 2 aromatic heterocycles. The molecule has 0 amide bonds. The van der Waals surface area contributed by atoms with Crippen molar-refractivity contribution in [3.05, 3.63) is 36.5 Å². The average molecular weight is 204 g/mol. The lowest BCUT2D eigenvalue weighted by atomic mass is 10.2. The molecule has 0 aliphatic heterocycles. The van der Waals surface area contributed by atoms with Crippen molar-refractivity contribution in [3.8, 4) is 5.75 Å². The van der Waals surface area contributed by atoms with Gasteiger partial charge in [-0.05, 0) is 6.07 Å². The SMILES string of the molecule is COc1ccncc1Cn1cnc(N)c1. The van der Waals surface area contributed by atoms with Gasteiger partial charge in [0.25, 0.3) is 0 Å². The van der Waals surface area contributed by atoms with E-state index < -0.39 is 0 Å². The summed E-state index contributed by atoms with van der Waals surface area (Å²) < 4.78 is 7.10. The summed E-state index contributed by atoms with van der Waals surface area (Å²) >= 11 is 0. The van der Waals surface area contributed by atoms with Gasteiger partial charge < -0.3 is 15.0 Å². The van der Waals surface area contributed by atoms with Crippen LogP contribution in [0.2, 0.25) is 0 Å². The van der Waals surface area contributed by atoms with E-state index in [0.29, 0.717) is 12.4 Å². The summed E-state index contributed by atoms with van der Waals surface area (Å²) in [6.45, 7) is 0.654. The summed E-state index contributed by atoms with van der Waals surface area (Å²) in [6.07, 6.45) is 6.92. The molecule has 0 bridgehead atoms. The first-order chi connectivity index (χ1) is 7.29. The molecule has 78 valence electrons. The van der Waals surface area contributed by atoms with Crippen LogP contribution in [0.25, 0.3) is 0 Å². The van der Waals surface area contributed by atoms with E-state index in [4.69, 9.17) is 10.5 Å². The highest BCUT2D eigenvalue weighted by molar-refractivity contribution is 5.31. The number of hydrogen-bond acceptors (Lipinski definition) is 4. The number of ether oxygens (including phenoxy) is 1. The first-order valence-electron chi connectivity index (χ1n) is 4.53. The van der Waals surface area contributed by atoms with Crippen LogP contribution in [0.1, 0.15) is 5.56 Å². The number of nitrogen functional groups attached to an aromatic ring is 1. The maximum absolute atomic E-state index is 5.52. The quantitative estimate of drug-likeness (QED) is 0.807. The Bertz CT molecular complexity index is 452. The van der Waals surface area contributed by atoms with E-state index in [1.54, 1.807) is 32.0 Å². The molecule has 0 aliphatic rings. The summed E-state index contributed by atoms with van der Waals surface area (Å²) in [5, 5.41) is 0. The first kappa shape index (κ1) is 9.51. The van der Waals surface area contributed by atoms with Crippen molar-refractivity contribution in [2.24, 2.45) is 0 Å². The second-order valence-corrected chi connectivity index (χ2v) is 3.16. The highest BCUT2D eigenvalue weighted by atomic mass is 16.5. The number of pyridine rings is 1. The first-order valence-corrected chi connectivity index (χ1v) is 4.53. The highest BCUT2D eigenvalue weighted by Gasteiger charge is 2.03. The van der Waals surface area contributed by atoms with Crippen LogP contribution >= 0.6 is 0 Å². The zero-order valence-electron chi connectivity index (χ0n) is 8.42. The predicted octanol–water partition coefficient (Wildman–Crippen LogP) is 0.917. The number of nitrogens with zero attached hydrogens (tertiary/aromatic N) is 3. The average Bonchev–Trinajstić information content (AvgIpc) is 2.65. The number of nitrogens with two attached hydrogens (primary N) is 1. The second kappa shape index (κ2) is 4.00. The summed E-state index contributed by atoms with van der Waals surface area (Å²) in [6, 6.07) is 1.83. The van der Waals surface area contributed by atoms with Gasteiger partial charge in [-0.1, -0.05) is 0 Å². The normalized spacial score (nSPS) is 10.2. The van der Waals surface area contributed by atoms with Crippen LogP contribution in [0.3, 0.4) is 0 Å². The maximum atomic E-state index is 5.52. The molecule has 5 heteroatoms. The lowest BCUT2D eigenvalue weighted by molar-refractivity contribution is 0.407. The molecule has 5 nitrogen and oxygen atoms in total. The van der Waals surface area contributed by atoms with Gasteiger partial charge in [0.15, 0.2) is 0 Å². The minimum Gasteiger partial charge on any atom is -0.496 e. The smallest absolute Gasteiger partial charge is 0.141 e. The van der Waals surface area contributed by atoms with Crippen molar-refractivity contribution in [1.29, 1.82) is 0 Å². The Kier molecular flexibility index (Phi) is 2.53. The van der Waals surface area contributed by atoms with E-state index in [0.717, 1.165) is 11.3 Å². The summed E-state index contributed by atoms with van der Waals surface area (Å²) in [5.74, 6) is 1.33. The van der Waals surface area contributed by atoms with E-state index in [1.807, 2.05) is 10.6 Å². The van der Waals surface area contributed by atoms with Crippen LogP contribution in [0, 0.1) is 0 Å². The molecule has 0 spiro atoms. The molecule has 0 fully saturated rings. The summed E-state index contributed by atoms with van der Waals surface area (Å²) in [7, 11) is 1.64. The Hall–Kier alpha value is -2.04. The molecule has 2 N–H and O–H groups in total. The number of aromatic nitrogens is 3. The Morgan fingerprint density at radius 2 is 2.40 bits per heavy atom. The third-order valence-corrected chi connectivity index (χ3v) is 2.08. The van der Waals surface area contributed by atoms with E-state index in [2.05, 4.69) is 9.97 Å². The molecule has 2 aromatic rings. The van der Waals surface area contributed by atoms with Crippen molar-refractivity contribution in [1.82, 2.24) is 14.5 Å². The van der Waals surface area contributed by atoms with Crippen molar-refractivity contribution in [2.45, 2.75) is 6.54 Å². The highest BCUT2D eigenvalue weighted by Crippen LogP contribution is 2.17. The molecule has 0 aliphatic carbocycles. The zero-order valence-corrected chi connectivity index (χ0v) is 8.42. The second-order valence-electron chi connectivity index (χ2n) is 3.16. The monoisotopic (exact) mass is 204 g/mol. The van der Waals surface area contributed by atoms with Crippen molar-refractivity contribution >= 4 is 5.82 Å². The van der Waals surface area contributed by atoms with Crippen LogP contribution in [-0.4, -0.2) is 21.6 Å². The van der Waals surface area contributed by atoms with E-state index >= 15 is 0 Å². The number of hydrogen-bond donors (Lipinski definition) is 1. The lowest BCUT2D eigenvalue weighted by Gasteiger charge is -2.07. The Morgan fingerprint density at radius 3 is 3.07 bits per heavy atom. The molecule has 0 atom stereocenters. The molecule has 2 heterocycles. The van der Waals surface area contributed by atoms with Crippen LogP contribution < -0.4 is 10.5 Å².